The summed E-state index contributed by atoms with van der Waals surface area (Å²) in [6.45, 7) is 7.87. The Hall–Kier alpha value is -1.62. The molecule has 0 aliphatic rings. The van der Waals surface area contributed by atoms with Gasteiger partial charge in [0.25, 0.3) is 0 Å². The van der Waals surface area contributed by atoms with Crippen LogP contribution < -0.4 is 0 Å². The Kier molecular flexibility index (Phi) is 52.3. The molecule has 366 valence electrons. The average molecular weight is 873 g/mol. The van der Waals surface area contributed by atoms with Gasteiger partial charge in [0.05, 0.1) is 6.61 Å². The van der Waals surface area contributed by atoms with Crippen LogP contribution in [0.25, 0.3) is 0 Å². The molecule has 62 heavy (non-hydrogen) atoms. The molecule has 0 spiro atoms. The van der Waals surface area contributed by atoms with Gasteiger partial charge in [-0.05, 0) is 70.6 Å². The Morgan fingerprint density at radius 2 is 0.629 bits per heavy atom. The number of ether oxygens (including phenoxy) is 3. The molecule has 1 atom stereocenters. The fourth-order valence-electron chi connectivity index (χ4n) is 8.27. The van der Waals surface area contributed by atoms with Gasteiger partial charge >= 0.3 is 11.9 Å². The summed E-state index contributed by atoms with van der Waals surface area (Å²) >= 11 is 0. The molecule has 0 N–H and O–H groups in total. The van der Waals surface area contributed by atoms with Gasteiger partial charge in [-0.1, -0.05) is 244 Å². The van der Waals surface area contributed by atoms with Crippen LogP contribution in [0.15, 0.2) is 24.3 Å². The first-order valence-corrected chi connectivity index (χ1v) is 27.9. The van der Waals surface area contributed by atoms with E-state index in [1.807, 2.05) is 0 Å². The number of carbonyl (C=O) groups is 2. The second-order valence-corrected chi connectivity index (χ2v) is 18.8. The molecule has 0 aliphatic carbocycles. The summed E-state index contributed by atoms with van der Waals surface area (Å²) in [6.07, 6.45) is 63.3. The van der Waals surface area contributed by atoms with Gasteiger partial charge < -0.3 is 14.2 Å². The third-order valence-electron chi connectivity index (χ3n) is 12.5. The van der Waals surface area contributed by atoms with Crippen molar-refractivity contribution < 1.29 is 23.8 Å². The van der Waals surface area contributed by atoms with Gasteiger partial charge in [-0.25, -0.2) is 0 Å². The SMILES string of the molecule is CCCCCCCC/C=C\CCCCCCCCCC(=O)OCC(COCCCCCCCCCCCCCCCC)OC(=O)CCCCCCC/C=C\CCCCCCCC. The first-order chi connectivity index (χ1) is 30.6. The quantitative estimate of drug-likeness (QED) is 0.0346. The van der Waals surface area contributed by atoms with Gasteiger partial charge in [0.1, 0.15) is 6.61 Å². The third kappa shape index (κ3) is 51.0. The monoisotopic (exact) mass is 873 g/mol. The van der Waals surface area contributed by atoms with Crippen molar-refractivity contribution in [1.29, 1.82) is 0 Å². The number of hydrogen-bond donors (Lipinski definition) is 0. The Morgan fingerprint density at radius 1 is 0.339 bits per heavy atom. The molecule has 0 aromatic rings. The van der Waals surface area contributed by atoms with Crippen molar-refractivity contribution in [2.24, 2.45) is 0 Å². The summed E-state index contributed by atoms with van der Waals surface area (Å²) in [5.41, 5.74) is 0. The van der Waals surface area contributed by atoms with Gasteiger partial charge in [-0.15, -0.1) is 0 Å². The van der Waals surface area contributed by atoms with Gasteiger partial charge in [0.2, 0.25) is 0 Å². The minimum Gasteiger partial charge on any atom is -0.462 e. The lowest BCUT2D eigenvalue weighted by Gasteiger charge is -2.18. The van der Waals surface area contributed by atoms with Crippen LogP contribution in [0, 0.1) is 0 Å². The molecule has 0 saturated heterocycles. The molecule has 0 fully saturated rings. The van der Waals surface area contributed by atoms with Crippen molar-refractivity contribution in [3.63, 3.8) is 0 Å². The van der Waals surface area contributed by atoms with Crippen molar-refractivity contribution in [3.05, 3.63) is 24.3 Å². The Morgan fingerprint density at radius 3 is 0.984 bits per heavy atom. The zero-order valence-electron chi connectivity index (χ0n) is 42.2. The lowest BCUT2D eigenvalue weighted by Crippen LogP contribution is -2.30. The molecule has 0 aromatic heterocycles. The number of unbranched alkanes of at least 4 members (excludes halogenated alkanes) is 37. The standard InChI is InChI=1S/C57H108O5/c1-4-7-10-13-16-19-22-25-28-29-31-32-35-38-41-44-47-50-56(58)61-54-55(53-60-52-49-46-43-40-37-34-27-24-21-18-15-12-9-6-3)62-57(59)51-48-45-42-39-36-33-30-26-23-20-17-14-11-8-5-2/h25-26,28,30,55H,4-24,27,29,31-54H2,1-3H3/b28-25-,30-26-. The van der Waals surface area contributed by atoms with Gasteiger partial charge in [0.15, 0.2) is 6.10 Å². The number of carbonyl (C=O) groups excluding carboxylic acids is 2. The van der Waals surface area contributed by atoms with Crippen LogP contribution >= 0.6 is 0 Å². The van der Waals surface area contributed by atoms with Crippen LogP contribution in [0.3, 0.4) is 0 Å². The second kappa shape index (κ2) is 53.7. The molecule has 0 amide bonds. The number of esters is 2. The highest BCUT2D eigenvalue weighted by atomic mass is 16.6. The number of hydrogen-bond acceptors (Lipinski definition) is 5. The van der Waals surface area contributed by atoms with Gasteiger partial charge in [-0.3, -0.25) is 9.59 Å². The Bertz CT molecular complexity index is 943. The summed E-state index contributed by atoms with van der Waals surface area (Å²) in [5.74, 6) is -0.393. The topological polar surface area (TPSA) is 61.8 Å². The maximum atomic E-state index is 12.8. The van der Waals surface area contributed by atoms with E-state index in [2.05, 4.69) is 45.1 Å². The van der Waals surface area contributed by atoms with Crippen molar-refractivity contribution >= 4 is 11.9 Å². The number of rotatable bonds is 52. The summed E-state index contributed by atoms with van der Waals surface area (Å²) in [6, 6.07) is 0. The second-order valence-electron chi connectivity index (χ2n) is 18.8. The van der Waals surface area contributed by atoms with Crippen molar-refractivity contribution in [2.75, 3.05) is 19.8 Å². The molecule has 0 aromatic carbocycles. The van der Waals surface area contributed by atoms with E-state index in [1.165, 1.54) is 225 Å². The van der Waals surface area contributed by atoms with E-state index in [0.717, 1.165) is 44.9 Å². The first kappa shape index (κ1) is 60.4. The molecule has 0 rings (SSSR count). The van der Waals surface area contributed by atoms with E-state index in [-0.39, 0.29) is 18.5 Å². The molecule has 0 radical (unpaired) electrons. The van der Waals surface area contributed by atoms with E-state index in [1.54, 1.807) is 0 Å². The fourth-order valence-corrected chi connectivity index (χ4v) is 8.27. The molecule has 0 heterocycles. The van der Waals surface area contributed by atoms with Crippen molar-refractivity contribution in [1.82, 2.24) is 0 Å². The van der Waals surface area contributed by atoms with Crippen LogP contribution in [0.4, 0.5) is 0 Å². The summed E-state index contributed by atoms with van der Waals surface area (Å²) in [7, 11) is 0. The normalized spacial score (nSPS) is 12.2. The highest BCUT2D eigenvalue weighted by Gasteiger charge is 2.17. The van der Waals surface area contributed by atoms with E-state index >= 15 is 0 Å². The molecule has 5 nitrogen and oxygen atoms in total. The Labute approximate surface area is 387 Å². The minimum absolute atomic E-state index is 0.0864. The Balaban J connectivity index is 4.23. The van der Waals surface area contributed by atoms with Crippen LogP contribution in [0.5, 0.6) is 0 Å². The molecule has 1 unspecified atom stereocenters. The lowest BCUT2D eigenvalue weighted by molar-refractivity contribution is -0.163. The predicted octanol–water partition coefficient (Wildman–Crippen LogP) is 18.8. The van der Waals surface area contributed by atoms with Crippen LogP contribution in [0.1, 0.15) is 303 Å². The maximum absolute atomic E-state index is 12.8. The molecular formula is C57H108O5. The van der Waals surface area contributed by atoms with E-state index < -0.39 is 6.10 Å². The molecular weight excluding hydrogens is 765 g/mol. The maximum Gasteiger partial charge on any atom is 0.306 e. The summed E-state index contributed by atoms with van der Waals surface area (Å²) in [4.78, 5) is 25.5. The number of allylic oxidation sites excluding steroid dienone is 4. The highest BCUT2D eigenvalue weighted by Crippen LogP contribution is 2.16. The first-order valence-electron chi connectivity index (χ1n) is 27.9. The van der Waals surface area contributed by atoms with Crippen LogP contribution in [-0.2, 0) is 23.8 Å². The van der Waals surface area contributed by atoms with E-state index in [9.17, 15) is 9.59 Å². The molecule has 0 aliphatic heterocycles. The third-order valence-corrected chi connectivity index (χ3v) is 12.5. The highest BCUT2D eigenvalue weighted by molar-refractivity contribution is 5.70. The molecule has 0 saturated carbocycles. The average Bonchev–Trinajstić information content (AvgIpc) is 3.27. The van der Waals surface area contributed by atoms with Gasteiger partial charge in [0, 0.05) is 19.4 Å². The van der Waals surface area contributed by atoms with Crippen molar-refractivity contribution in [2.45, 2.75) is 309 Å². The van der Waals surface area contributed by atoms with Gasteiger partial charge in [-0.2, -0.15) is 0 Å². The van der Waals surface area contributed by atoms with E-state index in [4.69, 9.17) is 14.2 Å². The zero-order chi connectivity index (χ0) is 44.9. The van der Waals surface area contributed by atoms with Crippen LogP contribution in [-0.4, -0.2) is 37.9 Å². The molecule has 5 heteroatoms. The summed E-state index contributed by atoms with van der Waals surface area (Å²) < 4.78 is 17.5. The smallest absolute Gasteiger partial charge is 0.306 e. The zero-order valence-corrected chi connectivity index (χ0v) is 42.2. The predicted molar refractivity (Wildman–Crippen MR) is 270 cm³/mol. The molecule has 0 bridgehead atoms. The van der Waals surface area contributed by atoms with Crippen LogP contribution in [0.2, 0.25) is 0 Å². The largest absolute Gasteiger partial charge is 0.462 e. The lowest BCUT2D eigenvalue weighted by atomic mass is 10.0. The summed E-state index contributed by atoms with van der Waals surface area (Å²) in [5, 5.41) is 0. The minimum atomic E-state index is -0.536. The van der Waals surface area contributed by atoms with Crippen molar-refractivity contribution in [3.8, 4) is 0 Å². The fraction of sp³-hybridized carbons (Fsp3) is 0.895. The van der Waals surface area contributed by atoms with E-state index in [0.29, 0.717) is 26.1 Å².